The molecule has 0 aliphatic heterocycles. The number of aliphatic hydroxyl groups excluding tert-OH is 4. The average Bonchev–Trinajstić information content (AvgIpc) is 2.22. The van der Waals surface area contributed by atoms with E-state index < -0.39 is 24.4 Å². The highest BCUT2D eigenvalue weighted by atomic mass is 16.6. The Morgan fingerprint density at radius 3 is 2.21 bits per heavy atom. The van der Waals surface area contributed by atoms with Crippen molar-refractivity contribution >= 4 is 0 Å². The maximum atomic E-state index is 9.50. The van der Waals surface area contributed by atoms with Gasteiger partial charge in [0.25, 0.3) is 0 Å². The van der Waals surface area contributed by atoms with Gasteiger partial charge in [-0.15, -0.1) is 0 Å². The second kappa shape index (κ2) is 7.14. The zero-order valence-electron chi connectivity index (χ0n) is 8.63. The van der Waals surface area contributed by atoms with Gasteiger partial charge in [0.15, 0.2) is 6.29 Å². The lowest BCUT2D eigenvalue weighted by atomic mass is 9.96. The van der Waals surface area contributed by atoms with Crippen LogP contribution in [0.1, 0.15) is 20.3 Å². The van der Waals surface area contributed by atoms with E-state index in [0.29, 0.717) is 6.42 Å². The van der Waals surface area contributed by atoms with Gasteiger partial charge in [-0.25, -0.2) is 0 Å². The van der Waals surface area contributed by atoms with E-state index in [4.69, 9.17) is 9.84 Å². The molecule has 0 saturated carbocycles. The molecule has 0 aromatic carbocycles. The van der Waals surface area contributed by atoms with Gasteiger partial charge in [-0.2, -0.15) is 0 Å². The summed E-state index contributed by atoms with van der Waals surface area (Å²) >= 11 is 0. The van der Waals surface area contributed by atoms with Crippen LogP contribution < -0.4 is 0 Å². The highest BCUT2D eigenvalue weighted by molar-refractivity contribution is 4.73. The van der Waals surface area contributed by atoms with Crippen LogP contribution in [0.5, 0.6) is 0 Å². The predicted octanol–water partition coefficient (Wildman–Crippen LogP) is -0.918. The van der Waals surface area contributed by atoms with Gasteiger partial charge in [-0.3, -0.25) is 0 Å². The SMILES string of the molecule is CCC(O)C(C)C(O)C(O)OCCO. The predicted molar refractivity (Wildman–Crippen MR) is 50.5 cm³/mol. The Morgan fingerprint density at radius 2 is 1.79 bits per heavy atom. The molecular formula is C9H20O5. The summed E-state index contributed by atoms with van der Waals surface area (Å²) in [6.45, 7) is 3.17. The number of hydrogen-bond acceptors (Lipinski definition) is 5. The minimum atomic E-state index is -1.36. The van der Waals surface area contributed by atoms with Gasteiger partial charge in [0, 0.05) is 5.92 Å². The van der Waals surface area contributed by atoms with E-state index in [9.17, 15) is 15.3 Å². The zero-order chi connectivity index (χ0) is 11.1. The molecule has 0 radical (unpaired) electrons. The first-order valence-electron chi connectivity index (χ1n) is 4.81. The van der Waals surface area contributed by atoms with Crippen molar-refractivity contribution in [3.63, 3.8) is 0 Å². The molecule has 0 spiro atoms. The summed E-state index contributed by atoms with van der Waals surface area (Å²) in [6, 6.07) is 0. The third kappa shape index (κ3) is 4.34. The molecule has 5 heteroatoms. The van der Waals surface area contributed by atoms with Crippen molar-refractivity contribution in [3.05, 3.63) is 0 Å². The van der Waals surface area contributed by atoms with Crippen LogP contribution in [0.25, 0.3) is 0 Å². The van der Waals surface area contributed by atoms with Crippen molar-refractivity contribution in [2.75, 3.05) is 13.2 Å². The smallest absolute Gasteiger partial charge is 0.181 e. The Balaban J connectivity index is 3.95. The molecule has 0 saturated heterocycles. The summed E-state index contributed by atoms with van der Waals surface area (Å²) in [7, 11) is 0. The quantitative estimate of drug-likeness (QED) is 0.406. The number of rotatable bonds is 7. The van der Waals surface area contributed by atoms with E-state index in [-0.39, 0.29) is 13.2 Å². The molecule has 86 valence electrons. The standard InChI is InChI=1S/C9H20O5/c1-3-7(11)6(2)8(12)9(13)14-5-4-10/h6-13H,3-5H2,1-2H3. The molecule has 0 aromatic rings. The van der Waals surface area contributed by atoms with E-state index in [0.717, 1.165) is 0 Å². The van der Waals surface area contributed by atoms with Gasteiger partial charge in [-0.1, -0.05) is 13.8 Å². The summed E-state index contributed by atoms with van der Waals surface area (Å²) < 4.78 is 4.71. The average molecular weight is 208 g/mol. The summed E-state index contributed by atoms with van der Waals surface area (Å²) in [5.74, 6) is -0.464. The first-order chi connectivity index (χ1) is 6.54. The highest BCUT2D eigenvalue weighted by Gasteiger charge is 2.27. The van der Waals surface area contributed by atoms with E-state index in [2.05, 4.69) is 0 Å². The molecule has 0 bridgehead atoms. The van der Waals surface area contributed by atoms with E-state index >= 15 is 0 Å². The third-order valence-electron chi connectivity index (χ3n) is 2.24. The van der Waals surface area contributed by atoms with Crippen LogP contribution >= 0.6 is 0 Å². The normalized spacial score (nSPS) is 20.1. The zero-order valence-corrected chi connectivity index (χ0v) is 8.63. The summed E-state index contributed by atoms with van der Waals surface area (Å²) in [6.07, 6.45) is -2.67. The van der Waals surface area contributed by atoms with Crippen LogP contribution in [-0.2, 0) is 4.74 Å². The maximum absolute atomic E-state index is 9.50. The van der Waals surface area contributed by atoms with Crippen molar-refractivity contribution in [2.24, 2.45) is 5.92 Å². The molecule has 5 nitrogen and oxygen atoms in total. The van der Waals surface area contributed by atoms with Gasteiger partial charge in [0.05, 0.1) is 19.3 Å². The topological polar surface area (TPSA) is 90.2 Å². The molecule has 0 aromatic heterocycles. The third-order valence-corrected chi connectivity index (χ3v) is 2.24. The van der Waals surface area contributed by atoms with Gasteiger partial charge in [-0.05, 0) is 6.42 Å². The van der Waals surface area contributed by atoms with Gasteiger partial charge in [0.1, 0.15) is 6.10 Å². The number of ether oxygens (including phenoxy) is 1. The number of aliphatic hydroxyl groups is 4. The van der Waals surface area contributed by atoms with Gasteiger partial charge < -0.3 is 25.2 Å². The molecular weight excluding hydrogens is 188 g/mol. The Labute approximate surface area is 83.9 Å². The van der Waals surface area contributed by atoms with Crippen LogP contribution in [0.4, 0.5) is 0 Å². The Morgan fingerprint density at radius 1 is 1.21 bits per heavy atom. The first kappa shape index (κ1) is 13.8. The maximum Gasteiger partial charge on any atom is 0.181 e. The molecule has 4 unspecified atom stereocenters. The molecule has 0 aliphatic rings. The van der Waals surface area contributed by atoms with Crippen LogP contribution in [0.3, 0.4) is 0 Å². The molecule has 0 aliphatic carbocycles. The minimum Gasteiger partial charge on any atom is -0.394 e. The molecule has 0 rings (SSSR count). The largest absolute Gasteiger partial charge is 0.394 e. The molecule has 0 fully saturated rings. The second-order valence-corrected chi connectivity index (χ2v) is 3.31. The molecule has 0 amide bonds. The molecule has 14 heavy (non-hydrogen) atoms. The van der Waals surface area contributed by atoms with Crippen LogP contribution in [0, 0.1) is 5.92 Å². The lowest BCUT2D eigenvalue weighted by molar-refractivity contribution is -0.187. The van der Waals surface area contributed by atoms with E-state index in [1.807, 2.05) is 0 Å². The monoisotopic (exact) mass is 208 g/mol. The van der Waals surface area contributed by atoms with Crippen molar-refractivity contribution in [3.8, 4) is 0 Å². The summed E-state index contributed by atoms with van der Waals surface area (Å²) in [5.41, 5.74) is 0. The van der Waals surface area contributed by atoms with Crippen LogP contribution in [0.2, 0.25) is 0 Å². The van der Waals surface area contributed by atoms with E-state index in [1.165, 1.54) is 0 Å². The number of hydrogen-bond donors (Lipinski definition) is 4. The van der Waals surface area contributed by atoms with Crippen molar-refractivity contribution in [2.45, 2.75) is 38.8 Å². The second-order valence-electron chi connectivity index (χ2n) is 3.31. The fourth-order valence-corrected chi connectivity index (χ4v) is 1.13. The van der Waals surface area contributed by atoms with Crippen LogP contribution in [-0.4, -0.2) is 52.1 Å². The highest BCUT2D eigenvalue weighted by Crippen LogP contribution is 2.15. The molecule has 0 heterocycles. The molecule has 4 N–H and O–H groups in total. The summed E-state index contributed by atoms with van der Waals surface area (Å²) in [5, 5.41) is 36.6. The first-order valence-corrected chi connectivity index (χ1v) is 4.81. The van der Waals surface area contributed by atoms with Gasteiger partial charge >= 0.3 is 0 Å². The Hall–Kier alpha value is -0.200. The lowest BCUT2D eigenvalue weighted by Gasteiger charge is -2.26. The van der Waals surface area contributed by atoms with Crippen LogP contribution in [0.15, 0.2) is 0 Å². The van der Waals surface area contributed by atoms with Crippen molar-refractivity contribution in [1.82, 2.24) is 0 Å². The lowest BCUT2D eigenvalue weighted by Crippen LogP contribution is -2.39. The minimum absolute atomic E-state index is 0.0346. The van der Waals surface area contributed by atoms with Crippen molar-refractivity contribution < 1.29 is 25.2 Å². The fourth-order valence-electron chi connectivity index (χ4n) is 1.13. The van der Waals surface area contributed by atoms with Crippen molar-refractivity contribution in [1.29, 1.82) is 0 Å². The van der Waals surface area contributed by atoms with E-state index in [1.54, 1.807) is 13.8 Å². The fraction of sp³-hybridized carbons (Fsp3) is 1.00. The Kier molecular flexibility index (Phi) is 7.04. The summed E-state index contributed by atoms with van der Waals surface area (Å²) in [4.78, 5) is 0. The van der Waals surface area contributed by atoms with Gasteiger partial charge in [0.2, 0.25) is 0 Å². The Bertz CT molecular complexity index is 141. The molecule has 4 atom stereocenters.